The average molecular weight is 372 g/mol. The molecule has 2 heterocycles. The monoisotopic (exact) mass is 372 g/mol. The minimum atomic E-state index is -0.257. The van der Waals surface area contributed by atoms with Crippen molar-refractivity contribution in [1.82, 2.24) is 30.0 Å². The van der Waals surface area contributed by atoms with Crippen molar-refractivity contribution in [2.24, 2.45) is 0 Å². The Morgan fingerprint density at radius 1 is 1.37 bits per heavy atom. The zero-order valence-electron chi connectivity index (χ0n) is 16.0. The van der Waals surface area contributed by atoms with Gasteiger partial charge in [-0.3, -0.25) is 4.98 Å². The highest BCUT2D eigenvalue weighted by Gasteiger charge is 2.24. The van der Waals surface area contributed by atoms with E-state index in [-0.39, 0.29) is 12.1 Å². The molecule has 1 aliphatic carbocycles. The van der Waals surface area contributed by atoms with E-state index in [4.69, 9.17) is 4.74 Å². The van der Waals surface area contributed by atoms with E-state index < -0.39 is 0 Å². The van der Waals surface area contributed by atoms with Crippen LogP contribution < -0.4 is 5.32 Å². The molecule has 0 spiro atoms. The lowest BCUT2D eigenvalue weighted by Gasteiger charge is -2.28. The Hall–Kier alpha value is -2.48. The number of ether oxygens (including phenoxy) is 1. The summed E-state index contributed by atoms with van der Waals surface area (Å²) in [5.41, 5.74) is 0.794. The van der Waals surface area contributed by atoms with Crippen molar-refractivity contribution < 1.29 is 9.53 Å². The molecule has 8 nitrogen and oxygen atoms in total. The topological polar surface area (TPSA) is 85.2 Å². The maximum absolute atomic E-state index is 12.7. The largest absolute Gasteiger partial charge is 0.382 e. The number of urea groups is 1. The second kappa shape index (κ2) is 9.45. The molecule has 8 heteroatoms. The molecule has 2 aromatic rings. The molecular weight excluding hydrogens is 344 g/mol. The first kappa shape index (κ1) is 19.3. The lowest BCUT2D eigenvalue weighted by atomic mass is 9.95. The molecule has 2 amide bonds. The van der Waals surface area contributed by atoms with Gasteiger partial charge in [0.05, 0.1) is 24.9 Å². The van der Waals surface area contributed by atoms with Gasteiger partial charge in [-0.2, -0.15) is 0 Å². The standard InChI is InChI=1S/C19H28N6O2/c1-24(17(13-27-2)16-10-6-7-11-20-16)19(26)21-12-18-23-22-14-25(18)15-8-4-3-5-9-15/h6-7,10-11,14-15,17H,3-5,8-9,12-13H2,1-2H3,(H,21,26)/t17-/m1/s1. The van der Waals surface area contributed by atoms with Gasteiger partial charge in [-0.1, -0.05) is 25.3 Å². The van der Waals surface area contributed by atoms with Gasteiger partial charge in [0.2, 0.25) is 0 Å². The number of pyridine rings is 1. The Labute approximate surface area is 159 Å². The van der Waals surface area contributed by atoms with Crippen LogP contribution in [0.2, 0.25) is 0 Å². The summed E-state index contributed by atoms with van der Waals surface area (Å²) in [6.07, 6.45) is 9.56. The maximum Gasteiger partial charge on any atom is 0.318 e. The van der Waals surface area contributed by atoms with Crippen molar-refractivity contribution in [2.75, 3.05) is 20.8 Å². The van der Waals surface area contributed by atoms with Crippen LogP contribution in [-0.4, -0.2) is 51.4 Å². The quantitative estimate of drug-likeness (QED) is 0.808. The molecule has 0 aromatic carbocycles. The summed E-state index contributed by atoms with van der Waals surface area (Å²) in [4.78, 5) is 18.7. The predicted molar refractivity (Wildman–Crippen MR) is 101 cm³/mol. The molecule has 0 radical (unpaired) electrons. The van der Waals surface area contributed by atoms with E-state index in [0.717, 1.165) is 24.4 Å². The summed E-state index contributed by atoms with van der Waals surface area (Å²) in [5.74, 6) is 0.796. The van der Waals surface area contributed by atoms with Crippen LogP contribution in [0.4, 0.5) is 4.79 Å². The smallest absolute Gasteiger partial charge is 0.318 e. The van der Waals surface area contributed by atoms with Crippen LogP contribution in [-0.2, 0) is 11.3 Å². The molecule has 146 valence electrons. The van der Waals surface area contributed by atoms with Gasteiger partial charge in [-0.15, -0.1) is 10.2 Å². The molecule has 0 aliphatic heterocycles. The number of methoxy groups -OCH3 is 1. The van der Waals surface area contributed by atoms with Crippen LogP contribution >= 0.6 is 0 Å². The first-order valence-electron chi connectivity index (χ1n) is 9.49. The number of nitrogens with one attached hydrogen (secondary N) is 1. The Morgan fingerprint density at radius 3 is 2.89 bits per heavy atom. The van der Waals surface area contributed by atoms with Gasteiger partial charge in [0.25, 0.3) is 0 Å². The molecule has 3 rings (SSSR count). The zero-order chi connectivity index (χ0) is 19.1. The van der Waals surface area contributed by atoms with Crippen LogP contribution in [0.5, 0.6) is 0 Å². The fraction of sp³-hybridized carbons (Fsp3) is 0.579. The number of amides is 2. The molecule has 1 aliphatic rings. The van der Waals surface area contributed by atoms with Crippen molar-refractivity contribution in [3.63, 3.8) is 0 Å². The molecule has 0 saturated heterocycles. The first-order chi connectivity index (χ1) is 13.2. The third kappa shape index (κ3) is 4.82. The SMILES string of the molecule is COC[C@H](c1ccccn1)N(C)C(=O)NCc1nncn1C1CCCCC1. The fourth-order valence-electron chi connectivity index (χ4n) is 3.60. The van der Waals surface area contributed by atoms with E-state index >= 15 is 0 Å². The molecule has 0 unspecified atom stereocenters. The molecule has 1 atom stereocenters. The lowest BCUT2D eigenvalue weighted by Crippen LogP contribution is -2.41. The molecule has 0 bridgehead atoms. The molecular formula is C19H28N6O2. The van der Waals surface area contributed by atoms with E-state index in [2.05, 4.69) is 25.1 Å². The average Bonchev–Trinajstić information content (AvgIpc) is 3.19. The van der Waals surface area contributed by atoms with Crippen LogP contribution in [0.15, 0.2) is 30.7 Å². The van der Waals surface area contributed by atoms with Gasteiger partial charge in [-0.25, -0.2) is 4.79 Å². The highest BCUT2D eigenvalue weighted by Crippen LogP contribution is 2.28. The van der Waals surface area contributed by atoms with Crippen molar-refractivity contribution >= 4 is 6.03 Å². The molecule has 27 heavy (non-hydrogen) atoms. The second-order valence-electron chi connectivity index (χ2n) is 6.94. The van der Waals surface area contributed by atoms with Crippen LogP contribution in [0.1, 0.15) is 55.7 Å². The van der Waals surface area contributed by atoms with Gasteiger partial charge < -0.3 is 19.5 Å². The van der Waals surface area contributed by atoms with E-state index in [9.17, 15) is 4.79 Å². The lowest BCUT2D eigenvalue weighted by molar-refractivity contribution is 0.114. The van der Waals surface area contributed by atoms with E-state index in [0.29, 0.717) is 19.2 Å². The summed E-state index contributed by atoms with van der Waals surface area (Å²) < 4.78 is 7.41. The summed E-state index contributed by atoms with van der Waals surface area (Å²) in [7, 11) is 3.37. The highest BCUT2D eigenvalue weighted by atomic mass is 16.5. The zero-order valence-corrected chi connectivity index (χ0v) is 16.0. The van der Waals surface area contributed by atoms with E-state index in [1.54, 1.807) is 31.6 Å². The van der Waals surface area contributed by atoms with Crippen molar-refractivity contribution in [1.29, 1.82) is 0 Å². The number of nitrogens with zero attached hydrogens (tertiary/aromatic N) is 5. The van der Waals surface area contributed by atoms with Gasteiger partial charge in [-0.05, 0) is 25.0 Å². The summed E-state index contributed by atoms with van der Waals surface area (Å²) >= 11 is 0. The number of carbonyl (C=O) groups excluding carboxylic acids is 1. The van der Waals surface area contributed by atoms with Crippen molar-refractivity contribution in [3.05, 3.63) is 42.2 Å². The highest BCUT2D eigenvalue weighted by molar-refractivity contribution is 5.74. The number of likely N-dealkylation sites (N-methyl/N-ethyl adjacent to an activating group) is 1. The van der Waals surface area contributed by atoms with Gasteiger partial charge in [0, 0.05) is 26.4 Å². The minimum absolute atomic E-state index is 0.194. The third-order valence-corrected chi connectivity index (χ3v) is 5.15. The normalized spacial score (nSPS) is 16.1. The molecule has 1 N–H and O–H groups in total. The Bertz CT molecular complexity index is 714. The molecule has 2 aromatic heterocycles. The first-order valence-corrected chi connectivity index (χ1v) is 9.49. The van der Waals surface area contributed by atoms with Gasteiger partial charge >= 0.3 is 6.03 Å². The van der Waals surface area contributed by atoms with Crippen LogP contribution in [0.25, 0.3) is 0 Å². The minimum Gasteiger partial charge on any atom is -0.382 e. The summed E-state index contributed by atoms with van der Waals surface area (Å²) in [6.45, 7) is 0.723. The van der Waals surface area contributed by atoms with E-state index in [1.165, 1.54) is 19.3 Å². The van der Waals surface area contributed by atoms with Crippen LogP contribution in [0, 0.1) is 0 Å². The molecule has 1 fully saturated rings. The Kier molecular flexibility index (Phi) is 6.75. The number of aromatic nitrogens is 4. The number of hydrogen-bond acceptors (Lipinski definition) is 5. The van der Waals surface area contributed by atoms with Crippen molar-refractivity contribution in [2.45, 2.75) is 50.7 Å². The Morgan fingerprint density at radius 2 is 2.19 bits per heavy atom. The van der Waals surface area contributed by atoms with Crippen molar-refractivity contribution in [3.8, 4) is 0 Å². The fourth-order valence-corrected chi connectivity index (χ4v) is 3.60. The third-order valence-electron chi connectivity index (χ3n) is 5.15. The molecule has 1 saturated carbocycles. The van der Waals surface area contributed by atoms with Gasteiger partial charge in [0.15, 0.2) is 5.82 Å². The predicted octanol–water partition coefficient (Wildman–Crippen LogP) is 2.71. The maximum atomic E-state index is 12.7. The number of hydrogen-bond donors (Lipinski definition) is 1. The second-order valence-corrected chi connectivity index (χ2v) is 6.94. The summed E-state index contributed by atoms with van der Waals surface area (Å²) in [6, 6.07) is 5.64. The number of rotatable bonds is 7. The van der Waals surface area contributed by atoms with Crippen LogP contribution in [0.3, 0.4) is 0 Å². The van der Waals surface area contributed by atoms with Gasteiger partial charge in [0.1, 0.15) is 6.33 Å². The van der Waals surface area contributed by atoms with E-state index in [1.807, 2.05) is 18.2 Å². The number of carbonyl (C=O) groups is 1. The summed E-state index contributed by atoms with van der Waals surface area (Å²) in [5, 5.41) is 11.2. The Balaban J connectivity index is 1.62.